The number of hydrogen-bond acceptors (Lipinski definition) is 3. The van der Waals surface area contributed by atoms with Crippen LogP contribution < -0.4 is 5.32 Å². The highest BCUT2D eigenvalue weighted by molar-refractivity contribution is 5.86. The quantitative estimate of drug-likeness (QED) is 0.455. The summed E-state index contributed by atoms with van der Waals surface area (Å²) in [7, 11) is 1.74. The molecule has 0 aliphatic carbocycles. The van der Waals surface area contributed by atoms with E-state index in [2.05, 4.69) is 11.2 Å². The maximum atomic E-state index is 11.5. The molecule has 0 aromatic carbocycles. The molecule has 0 atom stereocenters. The van der Waals surface area contributed by atoms with Gasteiger partial charge in [0.1, 0.15) is 0 Å². The number of carbonyl (C=O) groups excluding carboxylic acids is 2. The molecule has 1 saturated heterocycles. The molecule has 0 bridgehead atoms. The Kier molecular flexibility index (Phi) is 4.13. The van der Waals surface area contributed by atoms with Crippen LogP contribution in [0.3, 0.4) is 0 Å². The van der Waals surface area contributed by atoms with E-state index in [4.69, 9.17) is 6.42 Å². The summed E-state index contributed by atoms with van der Waals surface area (Å²) < 4.78 is 0. The van der Waals surface area contributed by atoms with Crippen molar-refractivity contribution in [3.8, 4) is 12.3 Å². The minimum Gasteiger partial charge on any atom is -0.342 e. The van der Waals surface area contributed by atoms with Crippen LogP contribution in [-0.2, 0) is 9.59 Å². The fraction of sp³-hybridized carbons (Fsp3) is 0.600. The number of rotatable bonds is 3. The standard InChI is InChI=1S/C10H15N3O2/c1-3-4-11-7-9(14)13-6-5-12(2)10(15)8-13/h1,11H,4-8H2,2H3. The molecule has 1 aliphatic rings. The molecule has 2 amide bonds. The van der Waals surface area contributed by atoms with Crippen LogP contribution in [0.2, 0.25) is 0 Å². The summed E-state index contributed by atoms with van der Waals surface area (Å²) in [6.45, 7) is 1.93. The molecule has 0 aromatic rings. The highest BCUT2D eigenvalue weighted by atomic mass is 16.2. The minimum absolute atomic E-state index is 0.0217. The number of likely N-dealkylation sites (N-methyl/N-ethyl adjacent to an activating group) is 1. The number of hydrogen-bond donors (Lipinski definition) is 1. The lowest BCUT2D eigenvalue weighted by Crippen LogP contribution is -2.52. The Morgan fingerprint density at radius 2 is 2.33 bits per heavy atom. The Morgan fingerprint density at radius 1 is 1.60 bits per heavy atom. The molecule has 15 heavy (non-hydrogen) atoms. The topological polar surface area (TPSA) is 52.7 Å². The number of carbonyl (C=O) groups is 2. The first kappa shape index (κ1) is 11.5. The van der Waals surface area contributed by atoms with E-state index < -0.39 is 0 Å². The summed E-state index contributed by atoms with van der Waals surface area (Å²) in [6, 6.07) is 0. The lowest BCUT2D eigenvalue weighted by atomic mass is 10.3. The predicted octanol–water partition coefficient (Wildman–Crippen LogP) is -1.49. The third kappa shape index (κ3) is 3.26. The second kappa shape index (κ2) is 5.37. The summed E-state index contributed by atoms with van der Waals surface area (Å²) in [6.07, 6.45) is 5.04. The van der Waals surface area contributed by atoms with Crippen molar-refractivity contribution in [1.82, 2.24) is 15.1 Å². The molecule has 1 heterocycles. The average Bonchev–Trinajstić information content (AvgIpc) is 2.22. The van der Waals surface area contributed by atoms with E-state index in [1.807, 2.05) is 0 Å². The van der Waals surface area contributed by atoms with Gasteiger partial charge in [0.2, 0.25) is 11.8 Å². The Labute approximate surface area is 89.4 Å². The third-order valence-electron chi connectivity index (χ3n) is 2.31. The van der Waals surface area contributed by atoms with Gasteiger partial charge in [0.15, 0.2) is 0 Å². The molecule has 5 heteroatoms. The third-order valence-corrected chi connectivity index (χ3v) is 2.31. The fourth-order valence-electron chi connectivity index (χ4n) is 1.32. The molecule has 0 radical (unpaired) electrons. The van der Waals surface area contributed by atoms with Crippen molar-refractivity contribution in [2.45, 2.75) is 0 Å². The molecular weight excluding hydrogens is 194 g/mol. The molecule has 0 aromatic heterocycles. The van der Waals surface area contributed by atoms with Gasteiger partial charge < -0.3 is 9.80 Å². The van der Waals surface area contributed by atoms with Crippen LogP contribution in [0.15, 0.2) is 0 Å². The van der Waals surface area contributed by atoms with E-state index in [1.54, 1.807) is 16.8 Å². The Hall–Kier alpha value is -1.54. The normalized spacial score (nSPS) is 16.4. The molecular formula is C10H15N3O2. The van der Waals surface area contributed by atoms with E-state index in [-0.39, 0.29) is 24.9 Å². The highest BCUT2D eigenvalue weighted by Crippen LogP contribution is 2.00. The molecule has 0 unspecified atom stereocenters. The first-order valence-electron chi connectivity index (χ1n) is 4.81. The molecule has 0 saturated carbocycles. The molecule has 1 rings (SSSR count). The van der Waals surface area contributed by atoms with E-state index in [1.165, 1.54) is 0 Å². The zero-order valence-corrected chi connectivity index (χ0v) is 8.82. The summed E-state index contributed by atoms with van der Waals surface area (Å²) in [5.41, 5.74) is 0. The van der Waals surface area contributed by atoms with Crippen molar-refractivity contribution in [2.24, 2.45) is 0 Å². The smallest absolute Gasteiger partial charge is 0.241 e. The Morgan fingerprint density at radius 3 is 2.93 bits per heavy atom. The van der Waals surface area contributed by atoms with Crippen LogP contribution in [0.5, 0.6) is 0 Å². The first-order chi connectivity index (χ1) is 7.15. The molecule has 82 valence electrons. The zero-order chi connectivity index (χ0) is 11.3. The van der Waals surface area contributed by atoms with E-state index >= 15 is 0 Å². The second-order valence-corrected chi connectivity index (χ2v) is 3.44. The maximum absolute atomic E-state index is 11.5. The molecule has 1 aliphatic heterocycles. The number of amides is 2. The summed E-state index contributed by atoms with van der Waals surface area (Å²) in [4.78, 5) is 26.0. The van der Waals surface area contributed by atoms with Crippen LogP contribution in [0.4, 0.5) is 0 Å². The van der Waals surface area contributed by atoms with Crippen LogP contribution >= 0.6 is 0 Å². The van der Waals surface area contributed by atoms with Crippen LogP contribution in [0.25, 0.3) is 0 Å². The van der Waals surface area contributed by atoms with Gasteiger partial charge in [0, 0.05) is 20.1 Å². The van der Waals surface area contributed by atoms with Crippen molar-refractivity contribution in [3.05, 3.63) is 0 Å². The largest absolute Gasteiger partial charge is 0.342 e. The summed E-state index contributed by atoms with van der Waals surface area (Å²) >= 11 is 0. The molecule has 1 N–H and O–H groups in total. The van der Waals surface area contributed by atoms with Gasteiger partial charge in [-0.1, -0.05) is 5.92 Å². The Balaban J connectivity index is 2.35. The lowest BCUT2D eigenvalue weighted by molar-refractivity contribution is -0.143. The number of terminal acetylenes is 1. The van der Waals surface area contributed by atoms with E-state index in [0.717, 1.165) is 0 Å². The van der Waals surface area contributed by atoms with Crippen molar-refractivity contribution < 1.29 is 9.59 Å². The lowest BCUT2D eigenvalue weighted by Gasteiger charge is -2.31. The van der Waals surface area contributed by atoms with Gasteiger partial charge in [0.05, 0.1) is 19.6 Å². The second-order valence-electron chi connectivity index (χ2n) is 3.44. The van der Waals surface area contributed by atoms with Crippen LogP contribution in [0.1, 0.15) is 0 Å². The van der Waals surface area contributed by atoms with Gasteiger partial charge in [-0.15, -0.1) is 6.42 Å². The van der Waals surface area contributed by atoms with Gasteiger partial charge in [-0.2, -0.15) is 0 Å². The Bertz CT molecular complexity index is 296. The van der Waals surface area contributed by atoms with Gasteiger partial charge in [-0.05, 0) is 0 Å². The number of nitrogens with one attached hydrogen (secondary N) is 1. The summed E-state index contributed by atoms with van der Waals surface area (Å²) in [5, 5.41) is 2.81. The number of piperazine rings is 1. The number of nitrogens with zero attached hydrogens (tertiary/aromatic N) is 2. The minimum atomic E-state index is -0.0771. The van der Waals surface area contributed by atoms with Gasteiger partial charge >= 0.3 is 0 Å². The first-order valence-corrected chi connectivity index (χ1v) is 4.81. The van der Waals surface area contributed by atoms with Crippen molar-refractivity contribution >= 4 is 11.8 Å². The predicted molar refractivity (Wildman–Crippen MR) is 55.9 cm³/mol. The zero-order valence-electron chi connectivity index (χ0n) is 8.82. The van der Waals surface area contributed by atoms with E-state index in [0.29, 0.717) is 19.6 Å². The van der Waals surface area contributed by atoms with Crippen LogP contribution in [0, 0.1) is 12.3 Å². The monoisotopic (exact) mass is 209 g/mol. The van der Waals surface area contributed by atoms with Crippen LogP contribution in [-0.4, -0.2) is 61.4 Å². The maximum Gasteiger partial charge on any atom is 0.241 e. The van der Waals surface area contributed by atoms with Crippen molar-refractivity contribution in [3.63, 3.8) is 0 Å². The fourth-order valence-corrected chi connectivity index (χ4v) is 1.32. The highest BCUT2D eigenvalue weighted by Gasteiger charge is 2.23. The summed E-state index contributed by atoms with van der Waals surface area (Å²) in [5.74, 6) is 2.29. The van der Waals surface area contributed by atoms with Crippen molar-refractivity contribution in [2.75, 3.05) is 39.8 Å². The van der Waals surface area contributed by atoms with E-state index in [9.17, 15) is 9.59 Å². The molecule has 1 fully saturated rings. The van der Waals surface area contributed by atoms with Crippen molar-refractivity contribution in [1.29, 1.82) is 0 Å². The van der Waals surface area contributed by atoms with Gasteiger partial charge in [-0.3, -0.25) is 14.9 Å². The molecule has 5 nitrogen and oxygen atoms in total. The average molecular weight is 209 g/mol. The van der Waals surface area contributed by atoms with Gasteiger partial charge in [-0.25, -0.2) is 0 Å². The molecule has 0 spiro atoms. The van der Waals surface area contributed by atoms with Gasteiger partial charge in [0.25, 0.3) is 0 Å². The SMILES string of the molecule is C#CCNCC(=O)N1CCN(C)C(=O)C1.